The van der Waals surface area contributed by atoms with E-state index >= 15 is 0 Å². The van der Waals surface area contributed by atoms with Gasteiger partial charge in [-0.3, -0.25) is 10.1 Å². The Hall–Kier alpha value is -2.87. The van der Waals surface area contributed by atoms with Crippen LogP contribution in [0.15, 0.2) is 40.1 Å². The van der Waals surface area contributed by atoms with Crippen molar-refractivity contribution in [1.29, 1.82) is 0 Å². The number of fused-ring (bicyclic) bond motifs is 1. The van der Waals surface area contributed by atoms with Gasteiger partial charge < -0.3 is 13.9 Å². The van der Waals surface area contributed by atoms with Gasteiger partial charge in [-0.25, -0.2) is 0 Å². The standard InChI is InChI=1S/C15H11N3O4S/c19-14(9-3-4-11-12(6-9)21-8-20-11)16-15-18-17-13(22-15)7-10-2-1-5-23-10/h1-6H,7-8H2,(H,16,18,19). The van der Waals surface area contributed by atoms with E-state index in [-0.39, 0.29) is 18.7 Å². The van der Waals surface area contributed by atoms with E-state index in [4.69, 9.17) is 13.9 Å². The summed E-state index contributed by atoms with van der Waals surface area (Å²) in [6, 6.07) is 8.96. The first-order chi connectivity index (χ1) is 11.3. The van der Waals surface area contributed by atoms with E-state index in [9.17, 15) is 4.79 Å². The third-order valence-electron chi connectivity index (χ3n) is 3.23. The molecule has 1 aromatic carbocycles. The van der Waals surface area contributed by atoms with E-state index in [1.54, 1.807) is 29.5 Å². The van der Waals surface area contributed by atoms with Crippen molar-refractivity contribution in [2.24, 2.45) is 0 Å². The van der Waals surface area contributed by atoms with Crippen LogP contribution in [0, 0.1) is 0 Å². The second kappa shape index (κ2) is 5.73. The van der Waals surface area contributed by atoms with Crippen LogP contribution in [0.25, 0.3) is 0 Å². The number of benzene rings is 1. The molecule has 1 aliphatic heterocycles. The summed E-state index contributed by atoms with van der Waals surface area (Å²) in [7, 11) is 0. The number of ether oxygens (including phenoxy) is 2. The third kappa shape index (κ3) is 2.88. The van der Waals surface area contributed by atoms with Crippen LogP contribution >= 0.6 is 11.3 Å². The van der Waals surface area contributed by atoms with Gasteiger partial charge in [-0.1, -0.05) is 11.2 Å². The molecule has 0 fully saturated rings. The highest BCUT2D eigenvalue weighted by atomic mass is 32.1. The van der Waals surface area contributed by atoms with Crippen molar-refractivity contribution in [3.8, 4) is 11.5 Å². The van der Waals surface area contributed by atoms with E-state index in [0.29, 0.717) is 29.4 Å². The highest BCUT2D eigenvalue weighted by Gasteiger charge is 2.17. The molecule has 0 saturated carbocycles. The summed E-state index contributed by atoms with van der Waals surface area (Å²) in [6.45, 7) is 0.163. The number of aromatic nitrogens is 2. The number of hydrogen-bond acceptors (Lipinski definition) is 7. The Kier molecular flexibility index (Phi) is 3.43. The lowest BCUT2D eigenvalue weighted by molar-refractivity contribution is 0.102. The second-order valence-corrected chi connectivity index (χ2v) is 5.81. The topological polar surface area (TPSA) is 86.5 Å². The summed E-state index contributed by atoms with van der Waals surface area (Å²) >= 11 is 1.61. The van der Waals surface area contributed by atoms with Gasteiger partial charge in [-0.2, -0.15) is 0 Å². The molecule has 3 aromatic rings. The van der Waals surface area contributed by atoms with Crippen LogP contribution in [0.2, 0.25) is 0 Å². The summed E-state index contributed by atoms with van der Waals surface area (Å²) < 4.78 is 15.9. The Labute approximate surface area is 134 Å². The van der Waals surface area contributed by atoms with E-state index in [0.717, 1.165) is 4.88 Å². The average molecular weight is 329 g/mol. The van der Waals surface area contributed by atoms with E-state index < -0.39 is 0 Å². The monoisotopic (exact) mass is 329 g/mol. The molecule has 23 heavy (non-hydrogen) atoms. The average Bonchev–Trinajstić information content (AvgIpc) is 3.28. The van der Waals surface area contributed by atoms with E-state index in [2.05, 4.69) is 15.5 Å². The molecule has 0 atom stereocenters. The minimum atomic E-state index is -0.352. The number of hydrogen-bond donors (Lipinski definition) is 1. The summed E-state index contributed by atoms with van der Waals surface area (Å²) in [5.41, 5.74) is 0.423. The zero-order valence-corrected chi connectivity index (χ0v) is 12.6. The normalized spacial score (nSPS) is 12.3. The molecule has 4 rings (SSSR count). The van der Waals surface area contributed by atoms with Crippen molar-refractivity contribution in [2.75, 3.05) is 12.1 Å². The maximum atomic E-state index is 12.2. The van der Waals surface area contributed by atoms with Crippen LogP contribution < -0.4 is 14.8 Å². The first-order valence-corrected chi connectivity index (χ1v) is 7.72. The largest absolute Gasteiger partial charge is 0.454 e. The first kappa shape index (κ1) is 13.8. The van der Waals surface area contributed by atoms with Gasteiger partial charge in [0.05, 0.1) is 6.42 Å². The summed E-state index contributed by atoms with van der Waals surface area (Å²) in [4.78, 5) is 13.3. The highest BCUT2D eigenvalue weighted by molar-refractivity contribution is 7.09. The number of nitrogens with one attached hydrogen (secondary N) is 1. The van der Waals surface area contributed by atoms with Gasteiger partial charge in [0.1, 0.15) is 0 Å². The molecule has 8 heteroatoms. The molecule has 7 nitrogen and oxygen atoms in total. The lowest BCUT2D eigenvalue weighted by Gasteiger charge is -2.02. The SMILES string of the molecule is O=C(Nc1nnc(Cc2cccs2)o1)c1ccc2c(c1)OCO2. The van der Waals surface area contributed by atoms with Gasteiger partial charge in [0, 0.05) is 10.4 Å². The number of carbonyl (C=O) groups excluding carboxylic acids is 1. The van der Waals surface area contributed by atoms with Crippen molar-refractivity contribution >= 4 is 23.3 Å². The minimum Gasteiger partial charge on any atom is -0.454 e. The molecule has 0 bridgehead atoms. The molecule has 3 heterocycles. The summed E-state index contributed by atoms with van der Waals surface area (Å²) in [5.74, 6) is 1.27. The molecule has 0 spiro atoms. The van der Waals surface area contributed by atoms with Crippen LogP contribution in [0.3, 0.4) is 0 Å². The third-order valence-corrected chi connectivity index (χ3v) is 4.10. The smallest absolute Gasteiger partial charge is 0.322 e. The first-order valence-electron chi connectivity index (χ1n) is 6.84. The number of thiophene rings is 1. The van der Waals surface area contributed by atoms with Crippen molar-refractivity contribution in [3.63, 3.8) is 0 Å². The fourth-order valence-electron chi connectivity index (χ4n) is 2.14. The minimum absolute atomic E-state index is 0.0687. The van der Waals surface area contributed by atoms with Gasteiger partial charge in [-0.15, -0.1) is 16.4 Å². The molecular weight excluding hydrogens is 318 g/mol. The Morgan fingerprint density at radius 2 is 2.13 bits per heavy atom. The Morgan fingerprint density at radius 1 is 1.22 bits per heavy atom. The summed E-state index contributed by atoms with van der Waals surface area (Å²) in [5, 5.41) is 12.3. The number of carbonyl (C=O) groups is 1. The van der Waals surface area contributed by atoms with Gasteiger partial charge in [0.15, 0.2) is 11.5 Å². The van der Waals surface area contributed by atoms with Crippen LogP contribution in [-0.2, 0) is 6.42 Å². The number of anilines is 1. The molecule has 116 valence electrons. The molecular formula is C15H11N3O4S. The van der Waals surface area contributed by atoms with Crippen molar-refractivity contribution in [1.82, 2.24) is 10.2 Å². The molecule has 0 radical (unpaired) electrons. The molecule has 1 N–H and O–H groups in total. The quantitative estimate of drug-likeness (QED) is 0.792. The van der Waals surface area contributed by atoms with Crippen molar-refractivity contribution in [3.05, 3.63) is 52.0 Å². The van der Waals surface area contributed by atoms with Crippen LogP contribution in [-0.4, -0.2) is 22.9 Å². The Bertz CT molecular complexity index is 844. The highest BCUT2D eigenvalue weighted by Crippen LogP contribution is 2.32. The molecule has 0 unspecified atom stereocenters. The molecule has 1 amide bonds. The number of nitrogens with zero attached hydrogens (tertiary/aromatic N) is 2. The second-order valence-electron chi connectivity index (χ2n) is 4.78. The molecule has 1 aliphatic rings. The maximum Gasteiger partial charge on any atom is 0.322 e. The predicted molar refractivity (Wildman–Crippen MR) is 81.9 cm³/mol. The summed E-state index contributed by atoms with van der Waals surface area (Å²) in [6.07, 6.45) is 0.546. The maximum absolute atomic E-state index is 12.2. The predicted octanol–water partition coefficient (Wildman–Crippen LogP) is 2.70. The molecule has 0 aliphatic carbocycles. The fourth-order valence-corrected chi connectivity index (χ4v) is 2.84. The number of rotatable bonds is 4. The Balaban J connectivity index is 1.45. The van der Waals surface area contributed by atoms with Crippen molar-refractivity contribution in [2.45, 2.75) is 6.42 Å². The van der Waals surface area contributed by atoms with Crippen LogP contribution in [0.1, 0.15) is 21.1 Å². The zero-order valence-electron chi connectivity index (χ0n) is 11.8. The zero-order chi connectivity index (χ0) is 15.6. The number of amides is 1. The van der Waals surface area contributed by atoms with Gasteiger partial charge in [0.25, 0.3) is 5.91 Å². The van der Waals surface area contributed by atoms with E-state index in [1.165, 1.54) is 0 Å². The van der Waals surface area contributed by atoms with E-state index in [1.807, 2.05) is 17.5 Å². The fraction of sp³-hybridized carbons (Fsp3) is 0.133. The molecule has 0 saturated heterocycles. The van der Waals surface area contributed by atoms with Gasteiger partial charge >= 0.3 is 6.01 Å². The van der Waals surface area contributed by atoms with Gasteiger partial charge in [-0.05, 0) is 29.6 Å². The molecule has 2 aromatic heterocycles. The van der Waals surface area contributed by atoms with Crippen LogP contribution in [0.4, 0.5) is 6.01 Å². The Morgan fingerprint density at radius 3 is 3.00 bits per heavy atom. The lowest BCUT2D eigenvalue weighted by atomic mass is 10.2. The van der Waals surface area contributed by atoms with Crippen molar-refractivity contribution < 1.29 is 18.7 Å². The lowest BCUT2D eigenvalue weighted by Crippen LogP contribution is -2.12. The van der Waals surface area contributed by atoms with Crippen LogP contribution in [0.5, 0.6) is 11.5 Å². The van der Waals surface area contributed by atoms with Gasteiger partial charge in [0.2, 0.25) is 12.7 Å².